The molecule has 0 radical (unpaired) electrons. The van der Waals surface area contributed by atoms with Gasteiger partial charge in [0.2, 0.25) is 0 Å². The number of carbonyl (C=O) groups is 1. The lowest BCUT2D eigenvalue weighted by Crippen LogP contribution is -2.46. The van der Waals surface area contributed by atoms with Crippen molar-refractivity contribution in [3.63, 3.8) is 0 Å². The van der Waals surface area contributed by atoms with Crippen molar-refractivity contribution in [3.8, 4) is 0 Å². The second-order valence-electron chi connectivity index (χ2n) is 3.48. The lowest BCUT2D eigenvalue weighted by Gasteiger charge is -2.26. The van der Waals surface area contributed by atoms with Crippen LogP contribution in [0.2, 0.25) is 0 Å². The van der Waals surface area contributed by atoms with Crippen LogP contribution in [0.15, 0.2) is 17.5 Å². The van der Waals surface area contributed by atoms with Crippen LogP contribution in [-0.2, 0) is 0 Å². The molecule has 0 saturated heterocycles. The van der Waals surface area contributed by atoms with Crippen LogP contribution in [0.4, 0.5) is 0 Å². The van der Waals surface area contributed by atoms with Crippen LogP contribution in [0.1, 0.15) is 29.9 Å². The van der Waals surface area contributed by atoms with Crippen molar-refractivity contribution in [2.45, 2.75) is 25.8 Å². The number of alkyl halides is 1. The molecular weight excluding hydrogens is 262 g/mol. The van der Waals surface area contributed by atoms with E-state index in [-0.39, 0.29) is 11.4 Å². The van der Waals surface area contributed by atoms with E-state index in [4.69, 9.17) is 0 Å². The summed E-state index contributed by atoms with van der Waals surface area (Å²) in [4.78, 5) is 12.5. The first-order valence-electron chi connectivity index (χ1n) is 4.53. The molecule has 2 nitrogen and oxygen atoms in total. The lowest BCUT2D eigenvalue weighted by atomic mass is 10.0. The van der Waals surface area contributed by atoms with Gasteiger partial charge >= 0.3 is 0 Å². The molecule has 1 heterocycles. The van der Waals surface area contributed by atoms with E-state index in [9.17, 15) is 4.79 Å². The number of halogens is 1. The second-order valence-corrected chi connectivity index (χ2v) is 4.99. The van der Waals surface area contributed by atoms with Crippen molar-refractivity contribution in [1.82, 2.24) is 5.32 Å². The third-order valence-electron chi connectivity index (χ3n) is 2.24. The van der Waals surface area contributed by atoms with Crippen molar-refractivity contribution in [1.29, 1.82) is 0 Å². The highest BCUT2D eigenvalue weighted by atomic mass is 79.9. The zero-order valence-corrected chi connectivity index (χ0v) is 10.7. The maximum atomic E-state index is 11.7. The highest BCUT2D eigenvalue weighted by molar-refractivity contribution is 9.09. The Kier molecular flexibility index (Phi) is 4.13. The van der Waals surface area contributed by atoms with E-state index < -0.39 is 0 Å². The van der Waals surface area contributed by atoms with Crippen LogP contribution < -0.4 is 5.32 Å². The molecule has 1 aromatic heterocycles. The molecule has 0 aliphatic heterocycles. The molecule has 0 saturated carbocycles. The molecule has 0 aromatic carbocycles. The van der Waals surface area contributed by atoms with Crippen LogP contribution in [-0.4, -0.2) is 16.8 Å². The van der Waals surface area contributed by atoms with Gasteiger partial charge in [-0.2, -0.15) is 0 Å². The molecule has 78 valence electrons. The summed E-state index contributed by atoms with van der Waals surface area (Å²) in [6.07, 6.45) is 0.912. The Morgan fingerprint density at radius 1 is 1.71 bits per heavy atom. The number of hydrogen-bond acceptors (Lipinski definition) is 2. The second kappa shape index (κ2) is 4.94. The van der Waals surface area contributed by atoms with Gasteiger partial charge in [0.15, 0.2) is 0 Å². The Hall–Kier alpha value is -0.350. The van der Waals surface area contributed by atoms with Crippen LogP contribution >= 0.6 is 27.3 Å². The first-order valence-corrected chi connectivity index (χ1v) is 6.53. The monoisotopic (exact) mass is 275 g/mol. The number of thiophene rings is 1. The molecule has 1 amide bonds. The molecule has 1 rings (SSSR count). The molecule has 0 aliphatic rings. The average molecular weight is 276 g/mol. The summed E-state index contributed by atoms with van der Waals surface area (Å²) < 4.78 is 0. The predicted octanol–water partition coefficient (Wildman–Crippen LogP) is 3.04. The SMILES string of the molecule is CCC(C)(CBr)NC(=O)c1cccs1. The molecule has 0 spiro atoms. The van der Waals surface area contributed by atoms with E-state index in [1.807, 2.05) is 24.4 Å². The van der Waals surface area contributed by atoms with E-state index in [1.165, 1.54) is 11.3 Å². The van der Waals surface area contributed by atoms with Crippen molar-refractivity contribution in [2.24, 2.45) is 0 Å². The molecule has 1 unspecified atom stereocenters. The summed E-state index contributed by atoms with van der Waals surface area (Å²) in [5.41, 5.74) is -0.152. The normalized spacial score (nSPS) is 14.8. The summed E-state index contributed by atoms with van der Waals surface area (Å²) in [5.74, 6) is 0.0174. The number of carbonyl (C=O) groups excluding carboxylic acids is 1. The Labute approximate surface area is 96.8 Å². The summed E-state index contributed by atoms with van der Waals surface area (Å²) in [6, 6.07) is 3.72. The predicted molar refractivity (Wildman–Crippen MR) is 64.3 cm³/mol. The van der Waals surface area contributed by atoms with Crippen molar-refractivity contribution in [2.75, 3.05) is 5.33 Å². The molecule has 1 aromatic rings. The zero-order valence-electron chi connectivity index (χ0n) is 8.34. The fourth-order valence-electron chi connectivity index (χ4n) is 0.960. The van der Waals surface area contributed by atoms with Gasteiger partial charge < -0.3 is 5.32 Å². The van der Waals surface area contributed by atoms with Gasteiger partial charge in [-0.1, -0.05) is 28.9 Å². The Morgan fingerprint density at radius 3 is 2.86 bits per heavy atom. The molecule has 1 N–H and O–H groups in total. The third-order valence-corrected chi connectivity index (χ3v) is 4.34. The molecule has 1 atom stereocenters. The van der Waals surface area contributed by atoms with Gasteiger partial charge in [0, 0.05) is 10.9 Å². The lowest BCUT2D eigenvalue weighted by molar-refractivity contribution is 0.0917. The summed E-state index contributed by atoms with van der Waals surface area (Å²) in [5, 5.41) is 5.70. The maximum absolute atomic E-state index is 11.7. The molecule has 0 fully saturated rings. The fourth-order valence-corrected chi connectivity index (χ4v) is 2.12. The third kappa shape index (κ3) is 2.82. The minimum atomic E-state index is -0.152. The van der Waals surface area contributed by atoms with Crippen LogP contribution in [0.5, 0.6) is 0 Å². The van der Waals surface area contributed by atoms with E-state index in [1.54, 1.807) is 0 Å². The van der Waals surface area contributed by atoms with E-state index in [0.29, 0.717) is 0 Å². The maximum Gasteiger partial charge on any atom is 0.261 e. The largest absolute Gasteiger partial charge is 0.345 e. The number of rotatable bonds is 4. The number of hydrogen-bond donors (Lipinski definition) is 1. The smallest absolute Gasteiger partial charge is 0.261 e. The Bertz CT molecular complexity index is 293. The average Bonchev–Trinajstić information content (AvgIpc) is 2.70. The quantitative estimate of drug-likeness (QED) is 0.841. The van der Waals surface area contributed by atoms with Crippen LogP contribution in [0, 0.1) is 0 Å². The van der Waals surface area contributed by atoms with Gasteiger partial charge in [0.25, 0.3) is 5.91 Å². The standard InChI is InChI=1S/C10H14BrNOS/c1-3-10(2,7-11)12-9(13)8-5-4-6-14-8/h4-6H,3,7H2,1-2H3,(H,12,13). The number of nitrogens with one attached hydrogen (secondary N) is 1. The highest BCUT2D eigenvalue weighted by Gasteiger charge is 2.23. The molecule has 0 bridgehead atoms. The minimum absolute atomic E-state index is 0.0174. The van der Waals surface area contributed by atoms with Crippen molar-refractivity contribution in [3.05, 3.63) is 22.4 Å². The Balaban J connectivity index is 2.65. The van der Waals surface area contributed by atoms with E-state index in [0.717, 1.165) is 16.6 Å². The molecule has 0 aliphatic carbocycles. The number of amides is 1. The zero-order chi connectivity index (χ0) is 10.6. The van der Waals surface area contributed by atoms with Gasteiger partial charge in [0.1, 0.15) is 0 Å². The minimum Gasteiger partial charge on any atom is -0.345 e. The van der Waals surface area contributed by atoms with E-state index >= 15 is 0 Å². The molecule has 14 heavy (non-hydrogen) atoms. The first-order chi connectivity index (χ1) is 6.61. The first kappa shape index (κ1) is 11.7. The van der Waals surface area contributed by atoms with Gasteiger partial charge in [-0.15, -0.1) is 11.3 Å². The summed E-state index contributed by atoms with van der Waals surface area (Å²) in [7, 11) is 0. The van der Waals surface area contributed by atoms with E-state index in [2.05, 4.69) is 28.2 Å². The fraction of sp³-hybridized carbons (Fsp3) is 0.500. The summed E-state index contributed by atoms with van der Waals surface area (Å²) >= 11 is 4.88. The van der Waals surface area contributed by atoms with Crippen molar-refractivity contribution >= 4 is 33.2 Å². The Morgan fingerprint density at radius 2 is 2.43 bits per heavy atom. The van der Waals surface area contributed by atoms with Crippen molar-refractivity contribution < 1.29 is 4.79 Å². The van der Waals surface area contributed by atoms with Crippen LogP contribution in [0.3, 0.4) is 0 Å². The van der Waals surface area contributed by atoms with Gasteiger partial charge in [-0.3, -0.25) is 4.79 Å². The highest BCUT2D eigenvalue weighted by Crippen LogP contribution is 2.15. The molecule has 4 heteroatoms. The summed E-state index contributed by atoms with van der Waals surface area (Å²) in [6.45, 7) is 4.10. The molecular formula is C10H14BrNOS. The van der Waals surface area contributed by atoms with Gasteiger partial charge in [-0.25, -0.2) is 0 Å². The van der Waals surface area contributed by atoms with Gasteiger partial charge in [-0.05, 0) is 24.8 Å². The van der Waals surface area contributed by atoms with Gasteiger partial charge in [0.05, 0.1) is 4.88 Å². The topological polar surface area (TPSA) is 29.1 Å². The van der Waals surface area contributed by atoms with Crippen LogP contribution in [0.25, 0.3) is 0 Å².